The molecule has 1 aromatic carbocycles. The van der Waals surface area contributed by atoms with Gasteiger partial charge in [-0.1, -0.05) is 32.9 Å². The zero-order chi connectivity index (χ0) is 24.9. The third-order valence-electron chi connectivity index (χ3n) is 5.48. The van der Waals surface area contributed by atoms with E-state index in [1.54, 1.807) is 46.8 Å². The summed E-state index contributed by atoms with van der Waals surface area (Å²) in [5.41, 5.74) is 3.14. The van der Waals surface area contributed by atoms with Crippen molar-refractivity contribution in [2.24, 2.45) is 0 Å². The van der Waals surface area contributed by atoms with Crippen molar-refractivity contribution in [3.05, 3.63) is 57.4 Å². The van der Waals surface area contributed by atoms with E-state index in [1.807, 2.05) is 26.8 Å². The Labute approximate surface area is 196 Å². The lowest BCUT2D eigenvalue weighted by Gasteiger charge is -2.32. The molecule has 1 aromatic rings. The van der Waals surface area contributed by atoms with Crippen molar-refractivity contribution >= 4 is 17.9 Å². The Bertz CT molecular complexity index is 957. The molecule has 1 aliphatic heterocycles. The summed E-state index contributed by atoms with van der Waals surface area (Å²) in [5.74, 6) is -2.48. The molecule has 0 saturated heterocycles. The third-order valence-corrected chi connectivity index (χ3v) is 5.48. The van der Waals surface area contributed by atoms with Crippen LogP contribution >= 0.6 is 0 Å². The fourth-order valence-corrected chi connectivity index (χ4v) is 3.92. The van der Waals surface area contributed by atoms with Gasteiger partial charge in [0.15, 0.2) is 0 Å². The van der Waals surface area contributed by atoms with Gasteiger partial charge < -0.3 is 19.5 Å². The molecule has 0 bridgehead atoms. The highest BCUT2D eigenvalue weighted by Crippen LogP contribution is 2.41. The largest absolute Gasteiger partial charge is 0.463 e. The van der Waals surface area contributed by atoms with Crippen molar-refractivity contribution in [1.82, 2.24) is 5.32 Å². The van der Waals surface area contributed by atoms with E-state index in [0.29, 0.717) is 22.5 Å². The molecule has 0 unspecified atom stereocenters. The zero-order valence-electron chi connectivity index (χ0n) is 20.9. The summed E-state index contributed by atoms with van der Waals surface area (Å²) in [6.07, 6.45) is 0. The smallest absolute Gasteiger partial charge is 0.338 e. The van der Waals surface area contributed by atoms with Gasteiger partial charge in [-0.15, -0.1) is 0 Å². The number of hydrogen-bond acceptors (Lipinski definition) is 7. The summed E-state index contributed by atoms with van der Waals surface area (Å²) in [6.45, 7) is 15.3. The molecule has 1 aliphatic rings. The second-order valence-corrected chi connectivity index (χ2v) is 8.85. The van der Waals surface area contributed by atoms with Gasteiger partial charge in [0, 0.05) is 11.4 Å². The molecule has 33 heavy (non-hydrogen) atoms. The van der Waals surface area contributed by atoms with Crippen molar-refractivity contribution in [3.8, 4) is 0 Å². The summed E-state index contributed by atoms with van der Waals surface area (Å²) >= 11 is 0. The number of nitrogens with one attached hydrogen (secondary N) is 1. The Kier molecular flexibility index (Phi) is 8.47. The first-order chi connectivity index (χ1) is 15.5. The first kappa shape index (κ1) is 26.2. The van der Waals surface area contributed by atoms with Crippen LogP contribution in [0.25, 0.3) is 0 Å². The summed E-state index contributed by atoms with van der Waals surface area (Å²) in [4.78, 5) is 39.1. The molecule has 1 heterocycles. The van der Waals surface area contributed by atoms with Gasteiger partial charge >= 0.3 is 17.9 Å². The normalized spacial score (nSPS) is 14.7. The fraction of sp³-hybridized carbons (Fsp3) is 0.500. The average molecular weight is 458 g/mol. The van der Waals surface area contributed by atoms with Crippen LogP contribution in [-0.2, 0) is 29.2 Å². The quantitative estimate of drug-likeness (QED) is 0.475. The van der Waals surface area contributed by atoms with Crippen LogP contribution in [0.2, 0.25) is 0 Å². The molecule has 180 valence electrons. The number of benzene rings is 1. The first-order valence-electron chi connectivity index (χ1n) is 11.3. The van der Waals surface area contributed by atoms with Gasteiger partial charge in [-0.25, -0.2) is 14.4 Å². The molecule has 7 heteroatoms. The van der Waals surface area contributed by atoms with E-state index < -0.39 is 23.8 Å². The number of ether oxygens (including phenoxy) is 3. The summed E-state index contributed by atoms with van der Waals surface area (Å²) in [5, 5.41) is 3.11. The van der Waals surface area contributed by atoms with Crippen LogP contribution in [0.3, 0.4) is 0 Å². The van der Waals surface area contributed by atoms with Crippen LogP contribution in [0.15, 0.2) is 40.7 Å². The minimum absolute atomic E-state index is 0.174. The van der Waals surface area contributed by atoms with Gasteiger partial charge in [-0.2, -0.15) is 0 Å². The van der Waals surface area contributed by atoms with Crippen LogP contribution in [-0.4, -0.2) is 37.7 Å². The summed E-state index contributed by atoms with van der Waals surface area (Å²) < 4.78 is 16.0. The minimum Gasteiger partial charge on any atom is -0.463 e. The maximum Gasteiger partial charge on any atom is 0.338 e. The Morgan fingerprint density at radius 1 is 0.818 bits per heavy atom. The second kappa shape index (κ2) is 10.7. The van der Waals surface area contributed by atoms with E-state index in [9.17, 15) is 14.4 Å². The number of hydrogen-bond donors (Lipinski definition) is 1. The Hall–Kier alpha value is -3.09. The van der Waals surface area contributed by atoms with Gasteiger partial charge in [0.25, 0.3) is 0 Å². The van der Waals surface area contributed by atoms with Crippen molar-refractivity contribution < 1.29 is 28.6 Å². The molecule has 0 spiro atoms. The molecule has 0 radical (unpaired) electrons. The maximum absolute atomic E-state index is 13.1. The van der Waals surface area contributed by atoms with Crippen LogP contribution in [0, 0.1) is 0 Å². The van der Waals surface area contributed by atoms with Crippen molar-refractivity contribution in [3.63, 3.8) is 0 Å². The van der Waals surface area contributed by atoms with Crippen LogP contribution < -0.4 is 5.32 Å². The molecule has 0 fully saturated rings. The maximum atomic E-state index is 13.1. The van der Waals surface area contributed by atoms with E-state index in [1.165, 1.54) is 0 Å². The van der Waals surface area contributed by atoms with Crippen LogP contribution in [0.1, 0.15) is 82.8 Å². The second-order valence-electron chi connectivity index (χ2n) is 8.85. The molecule has 0 atom stereocenters. The highest BCUT2D eigenvalue weighted by atomic mass is 16.5. The van der Waals surface area contributed by atoms with Crippen molar-refractivity contribution in [1.29, 1.82) is 0 Å². The zero-order valence-corrected chi connectivity index (χ0v) is 20.9. The lowest BCUT2D eigenvalue weighted by atomic mass is 9.76. The standard InChI is InChI=1S/C26H35NO6/c1-9-31-23(28)19-14-17(26(6,7)8)12-13-18(19)22-20(24(29)32-10-2)15(4)27-16(5)21(22)25(30)33-11-3/h12-14,22,27H,9-11H2,1-8H3. The summed E-state index contributed by atoms with van der Waals surface area (Å²) in [7, 11) is 0. The molecule has 7 nitrogen and oxygen atoms in total. The number of carbonyl (C=O) groups excluding carboxylic acids is 3. The van der Waals surface area contributed by atoms with Crippen molar-refractivity contribution in [2.75, 3.05) is 19.8 Å². The minimum atomic E-state index is -0.849. The van der Waals surface area contributed by atoms with E-state index in [2.05, 4.69) is 5.32 Å². The topological polar surface area (TPSA) is 90.9 Å². The highest BCUT2D eigenvalue weighted by molar-refractivity contribution is 6.01. The van der Waals surface area contributed by atoms with Gasteiger partial charge in [0.2, 0.25) is 0 Å². The highest BCUT2D eigenvalue weighted by Gasteiger charge is 2.40. The van der Waals surface area contributed by atoms with Crippen LogP contribution in [0.4, 0.5) is 0 Å². The molecule has 0 amide bonds. The first-order valence-corrected chi connectivity index (χ1v) is 11.3. The SMILES string of the molecule is CCOC(=O)C1=C(C)NC(C)=C(C(=O)OCC)C1c1ccc(C(C)(C)C)cc1C(=O)OCC. The van der Waals surface area contributed by atoms with Gasteiger partial charge in [0.05, 0.1) is 42.4 Å². The van der Waals surface area contributed by atoms with E-state index in [4.69, 9.17) is 14.2 Å². The van der Waals surface area contributed by atoms with E-state index in [0.717, 1.165) is 5.56 Å². The summed E-state index contributed by atoms with van der Waals surface area (Å²) in [6, 6.07) is 5.49. The van der Waals surface area contributed by atoms with Gasteiger partial charge in [0.1, 0.15) is 0 Å². The number of dihydropyridines is 1. The molecular weight excluding hydrogens is 422 g/mol. The number of rotatable bonds is 7. The Balaban J connectivity index is 2.87. The van der Waals surface area contributed by atoms with E-state index in [-0.39, 0.29) is 36.4 Å². The van der Waals surface area contributed by atoms with Gasteiger partial charge in [-0.3, -0.25) is 0 Å². The fourth-order valence-electron chi connectivity index (χ4n) is 3.92. The lowest BCUT2D eigenvalue weighted by Crippen LogP contribution is -2.33. The monoisotopic (exact) mass is 457 g/mol. The van der Waals surface area contributed by atoms with Crippen molar-refractivity contribution in [2.45, 2.75) is 66.7 Å². The van der Waals surface area contributed by atoms with Gasteiger partial charge in [-0.05, 0) is 57.2 Å². The average Bonchev–Trinajstić information content (AvgIpc) is 2.72. The molecule has 0 aromatic heterocycles. The molecule has 0 aliphatic carbocycles. The van der Waals surface area contributed by atoms with Crippen LogP contribution in [0.5, 0.6) is 0 Å². The number of allylic oxidation sites excluding steroid dienone is 2. The number of esters is 3. The predicted octanol–water partition coefficient (Wildman–Crippen LogP) is 4.52. The molecule has 0 saturated carbocycles. The molecular formula is C26H35NO6. The molecule has 1 N–H and O–H groups in total. The Morgan fingerprint density at radius 2 is 1.27 bits per heavy atom. The lowest BCUT2D eigenvalue weighted by molar-refractivity contribution is -0.139. The molecule has 2 rings (SSSR count). The van der Waals surface area contributed by atoms with E-state index >= 15 is 0 Å². The predicted molar refractivity (Wildman–Crippen MR) is 126 cm³/mol. The number of carbonyl (C=O) groups is 3. The third kappa shape index (κ3) is 5.64. The Morgan fingerprint density at radius 3 is 1.70 bits per heavy atom.